The smallest absolute Gasteiger partial charge is 0.254 e. The van der Waals surface area contributed by atoms with Crippen molar-refractivity contribution >= 4 is 44.6 Å². The van der Waals surface area contributed by atoms with Crippen LogP contribution in [0.2, 0.25) is 0 Å². The van der Waals surface area contributed by atoms with Gasteiger partial charge in [0, 0.05) is 67.1 Å². The first kappa shape index (κ1) is 26.1. The number of aromatic hydroxyl groups is 2. The van der Waals surface area contributed by atoms with E-state index >= 15 is 4.39 Å². The van der Waals surface area contributed by atoms with Crippen molar-refractivity contribution in [2.75, 3.05) is 31.6 Å². The molecule has 4 N–H and O–H groups in total. The predicted molar refractivity (Wildman–Crippen MR) is 141 cm³/mol. The Balaban J connectivity index is 1.40. The van der Waals surface area contributed by atoms with Gasteiger partial charge in [-0.1, -0.05) is 6.07 Å². The number of morpholine rings is 1. The molecular weight excluding hydrogens is 493 g/mol. The lowest BCUT2D eigenvalue weighted by Crippen LogP contribution is -2.63. The third-order valence-electron chi connectivity index (χ3n) is 7.93. The minimum atomic E-state index is -1.17. The number of rotatable bonds is 6. The standard InChI is InChI=1S/C25H29B2FN4O6/c26-19-14(20(28)16(21(34)22(19)35)11-31-6-8-38-9-7-31)10-29-17-3-1-2-13-15(17)12-32(23(13)36)25(27)5-4-18(33)30-24(25)37/h1-3,29,34-35H,4-12,26-27H2,(H,30,33,37). The average molecular weight is 522 g/mol. The molecule has 0 bridgehead atoms. The van der Waals surface area contributed by atoms with Gasteiger partial charge in [-0.15, -0.1) is 0 Å². The summed E-state index contributed by atoms with van der Waals surface area (Å²) in [5, 5.41) is 26.6. The van der Waals surface area contributed by atoms with E-state index in [-0.39, 0.29) is 66.6 Å². The molecule has 3 aliphatic rings. The van der Waals surface area contributed by atoms with Gasteiger partial charge in [-0.3, -0.25) is 24.6 Å². The van der Waals surface area contributed by atoms with E-state index in [1.165, 1.54) is 12.7 Å². The van der Waals surface area contributed by atoms with Crippen molar-refractivity contribution in [3.63, 3.8) is 0 Å². The van der Waals surface area contributed by atoms with Crippen molar-refractivity contribution in [1.29, 1.82) is 0 Å². The number of phenols is 2. The fourth-order valence-corrected chi connectivity index (χ4v) is 5.38. The summed E-state index contributed by atoms with van der Waals surface area (Å²) in [7, 11) is 3.19. The minimum absolute atomic E-state index is 0.00147. The van der Waals surface area contributed by atoms with Gasteiger partial charge in [0.05, 0.1) is 18.7 Å². The van der Waals surface area contributed by atoms with E-state index in [0.29, 0.717) is 43.1 Å². The van der Waals surface area contributed by atoms with Crippen molar-refractivity contribution in [2.24, 2.45) is 0 Å². The number of hydrogen-bond acceptors (Lipinski definition) is 8. The van der Waals surface area contributed by atoms with Gasteiger partial charge in [0.15, 0.2) is 11.5 Å². The van der Waals surface area contributed by atoms with E-state index in [1.54, 1.807) is 26.0 Å². The number of nitrogens with zero attached hydrogens (tertiary/aromatic N) is 2. The summed E-state index contributed by atoms with van der Waals surface area (Å²) >= 11 is 0. The topological polar surface area (TPSA) is 131 Å². The lowest BCUT2D eigenvalue weighted by Gasteiger charge is -2.40. The van der Waals surface area contributed by atoms with Crippen molar-refractivity contribution in [2.45, 2.75) is 37.9 Å². The van der Waals surface area contributed by atoms with Crippen LogP contribution in [0.4, 0.5) is 10.1 Å². The van der Waals surface area contributed by atoms with Crippen LogP contribution >= 0.6 is 0 Å². The molecule has 1 atom stereocenters. The van der Waals surface area contributed by atoms with Crippen LogP contribution in [0.1, 0.15) is 39.9 Å². The van der Waals surface area contributed by atoms with E-state index < -0.39 is 22.9 Å². The van der Waals surface area contributed by atoms with Crippen molar-refractivity contribution in [3.05, 3.63) is 46.3 Å². The summed E-state index contributed by atoms with van der Waals surface area (Å²) in [5.41, 5.74) is 0.977. The second-order valence-corrected chi connectivity index (χ2v) is 10.2. The molecule has 3 aliphatic heterocycles. The van der Waals surface area contributed by atoms with Crippen LogP contribution in [0.25, 0.3) is 0 Å². The molecule has 0 aliphatic carbocycles. The van der Waals surface area contributed by atoms with Crippen LogP contribution in [-0.2, 0) is 34.0 Å². The molecule has 2 fully saturated rings. The zero-order valence-corrected chi connectivity index (χ0v) is 21.4. The van der Waals surface area contributed by atoms with Crippen LogP contribution in [0, 0.1) is 5.82 Å². The first-order valence-electron chi connectivity index (χ1n) is 12.7. The van der Waals surface area contributed by atoms with Gasteiger partial charge in [0.25, 0.3) is 5.91 Å². The molecule has 38 heavy (non-hydrogen) atoms. The summed E-state index contributed by atoms with van der Waals surface area (Å²) in [4.78, 5) is 41.1. The predicted octanol–water partition coefficient (Wildman–Crippen LogP) is -1.34. The second kappa shape index (κ2) is 9.95. The molecule has 0 spiro atoms. The van der Waals surface area contributed by atoms with Crippen LogP contribution in [0.3, 0.4) is 0 Å². The highest BCUT2D eigenvalue weighted by atomic mass is 19.1. The molecule has 198 valence electrons. The molecule has 3 amide bonds. The molecule has 0 aromatic heterocycles. The van der Waals surface area contributed by atoms with E-state index in [0.717, 1.165) is 0 Å². The molecule has 3 heterocycles. The van der Waals surface area contributed by atoms with Crippen molar-refractivity contribution in [1.82, 2.24) is 15.1 Å². The summed E-state index contributed by atoms with van der Waals surface area (Å²) in [6.07, 6.45) is 0.367. The fraction of sp³-hybridized carbons (Fsp3) is 0.400. The van der Waals surface area contributed by atoms with Crippen molar-refractivity contribution < 1.29 is 33.7 Å². The van der Waals surface area contributed by atoms with Gasteiger partial charge >= 0.3 is 0 Å². The third kappa shape index (κ3) is 4.39. The summed E-state index contributed by atoms with van der Waals surface area (Å²) < 4.78 is 21.0. The Morgan fingerprint density at radius 1 is 1.13 bits per heavy atom. The monoisotopic (exact) mass is 522 g/mol. The van der Waals surface area contributed by atoms with Crippen LogP contribution in [-0.4, -0.2) is 85.2 Å². The molecule has 10 nitrogen and oxygen atoms in total. The quantitative estimate of drug-likeness (QED) is 0.209. The molecule has 2 saturated heterocycles. The number of amides is 3. The Morgan fingerprint density at radius 3 is 2.58 bits per heavy atom. The number of hydrogen-bond donors (Lipinski definition) is 4. The molecule has 2 aromatic carbocycles. The molecule has 5 rings (SSSR count). The number of fused-ring (bicyclic) bond motifs is 1. The van der Waals surface area contributed by atoms with Crippen LogP contribution in [0.15, 0.2) is 18.2 Å². The Labute approximate surface area is 220 Å². The van der Waals surface area contributed by atoms with Gasteiger partial charge in [0.1, 0.15) is 21.5 Å². The number of imide groups is 1. The first-order chi connectivity index (χ1) is 18.1. The number of nitrogens with one attached hydrogen (secondary N) is 2. The van der Waals surface area contributed by atoms with Crippen LogP contribution < -0.4 is 16.1 Å². The number of halogens is 1. The maximum absolute atomic E-state index is 15.7. The number of phenolic OH excluding ortho intramolecular Hbond substituents is 2. The minimum Gasteiger partial charge on any atom is -0.505 e. The number of piperidine rings is 1. The zero-order valence-electron chi connectivity index (χ0n) is 21.4. The third-order valence-corrected chi connectivity index (χ3v) is 7.93. The molecule has 1 unspecified atom stereocenters. The normalized spacial score (nSPS) is 21.9. The Bertz CT molecular complexity index is 1340. The largest absolute Gasteiger partial charge is 0.505 e. The molecular formula is C25H29B2FN4O6. The highest BCUT2D eigenvalue weighted by Gasteiger charge is 2.48. The highest BCUT2D eigenvalue weighted by Crippen LogP contribution is 2.37. The Kier molecular flexibility index (Phi) is 6.82. The Hall–Kier alpha value is -3.57. The number of anilines is 1. The Morgan fingerprint density at radius 2 is 1.87 bits per heavy atom. The first-order valence-corrected chi connectivity index (χ1v) is 12.7. The molecule has 13 heteroatoms. The lowest BCUT2D eigenvalue weighted by molar-refractivity contribution is -0.138. The number of carbonyl (C=O) groups is 3. The van der Waals surface area contributed by atoms with E-state index in [1.807, 2.05) is 4.90 Å². The number of ether oxygens (including phenoxy) is 1. The lowest BCUT2D eigenvalue weighted by atomic mass is 9.70. The SMILES string of the molecule is Bc1c(O)c(O)c(CN2CCOCC2)c(F)c1CNc1cccc2c1CN(C1(B)CCC(=O)NC1=O)C2=O. The van der Waals surface area contributed by atoms with Gasteiger partial charge in [-0.05, 0) is 24.0 Å². The fourth-order valence-electron chi connectivity index (χ4n) is 5.38. The maximum atomic E-state index is 15.7. The molecule has 2 aromatic rings. The van der Waals surface area contributed by atoms with E-state index in [9.17, 15) is 24.6 Å². The van der Waals surface area contributed by atoms with Gasteiger partial charge < -0.3 is 25.2 Å². The van der Waals surface area contributed by atoms with E-state index in [4.69, 9.17) is 4.74 Å². The van der Waals surface area contributed by atoms with E-state index in [2.05, 4.69) is 10.6 Å². The summed E-state index contributed by atoms with van der Waals surface area (Å²) in [6, 6.07) is 5.15. The highest BCUT2D eigenvalue weighted by molar-refractivity contribution is 6.35. The molecule has 0 radical (unpaired) electrons. The van der Waals surface area contributed by atoms with Crippen molar-refractivity contribution in [3.8, 4) is 11.5 Å². The van der Waals surface area contributed by atoms with Gasteiger partial charge in [-0.2, -0.15) is 0 Å². The zero-order chi connectivity index (χ0) is 27.2. The second-order valence-electron chi connectivity index (χ2n) is 10.2. The molecule has 0 saturated carbocycles. The van der Waals surface area contributed by atoms with Gasteiger partial charge in [-0.25, -0.2) is 4.39 Å². The number of benzene rings is 2. The average Bonchev–Trinajstić information content (AvgIpc) is 3.26. The summed E-state index contributed by atoms with van der Waals surface area (Å²) in [5.74, 6) is -2.60. The van der Waals surface area contributed by atoms with Crippen LogP contribution in [0.5, 0.6) is 11.5 Å². The number of carbonyl (C=O) groups excluding carboxylic acids is 3. The maximum Gasteiger partial charge on any atom is 0.254 e. The summed E-state index contributed by atoms with van der Waals surface area (Å²) in [6.45, 7) is 2.49. The van der Waals surface area contributed by atoms with Gasteiger partial charge in [0.2, 0.25) is 11.8 Å².